The van der Waals surface area contributed by atoms with Gasteiger partial charge in [-0.05, 0) is 50.4 Å². The first-order chi connectivity index (χ1) is 7.99. The third kappa shape index (κ3) is 2.15. The van der Waals surface area contributed by atoms with Gasteiger partial charge < -0.3 is 10.8 Å². The second-order valence-corrected chi connectivity index (χ2v) is 6.86. The summed E-state index contributed by atoms with van der Waals surface area (Å²) < 4.78 is 0. The van der Waals surface area contributed by atoms with Crippen LogP contribution >= 0.6 is 0 Å². The Morgan fingerprint density at radius 1 is 1.06 bits per heavy atom. The van der Waals surface area contributed by atoms with Gasteiger partial charge in [-0.2, -0.15) is 0 Å². The molecule has 1 atom stereocenters. The van der Waals surface area contributed by atoms with Gasteiger partial charge in [0, 0.05) is 12.0 Å². The maximum atomic E-state index is 11.0. The van der Waals surface area contributed by atoms with Crippen molar-refractivity contribution in [3.05, 3.63) is 0 Å². The zero-order valence-corrected chi connectivity index (χ0v) is 11.6. The molecule has 1 unspecified atom stereocenters. The van der Waals surface area contributed by atoms with E-state index in [9.17, 15) is 5.11 Å². The smallest absolute Gasteiger partial charge is 0.0713 e. The summed E-state index contributed by atoms with van der Waals surface area (Å²) in [6, 6.07) is 0. The molecule has 2 rings (SSSR count). The molecule has 3 N–H and O–H groups in total. The van der Waals surface area contributed by atoms with E-state index in [1.54, 1.807) is 0 Å². The lowest BCUT2D eigenvalue weighted by atomic mass is 9.59. The van der Waals surface area contributed by atoms with Crippen molar-refractivity contribution in [1.82, 2.24) is 0 Å². The zero-order chi connectivity index (χ0) is 12.6. The van der Waals surface area contributed by atoms with Gasteiger partial charge in [0.05, 0.1) is 5.60 Å². The normalized spacial score (nSPS) is 30.4. The molecular weight excluding hydrogens is 210 g/mol. The Balaban J connectivity index is 2.06. The number of hydrogen-bond acceptors (Lipinski definition) is 2. The molecule has 0 radical (unpaired) electrons. The van der Waals surface area contributed by atoms with E-state index in [1.165, 1.54) is 38.5 Å². The lowest BCUT2D eigenvalue weighted by Crippen LogP contribution is -2.53. The molecule has 0 amide bonds. The summed E-state index contributed by atoms with van der Waals surface area (Å²) >= 11 is 0. The van der Waals surface area contributed by atoms with Crippen molar-refractivity contribution < 1.29 is 5.11 Å². The first-order valence-corrected chi connectivity index (χ1v) is 7.42. The predicted octanol–water partition coefficient (Wildman–Crippen LogP) is 3.23. The summed E-state index contributed by atoms with van der Waals surface area (Å²) in [5.41, 5.74) is 5.91. The first kappa shape index (κ1) is 13.4. The van der Waals surface area contributed by atoms with E-state index < -0.39 is 5.60 Å². The lowest BCUT2D eigenvalue weighted by molar-refractivity contribution is -0.119. The highest BCUT2D eigenvalue weighted by Gasteiger charge is 2.50. The molecule has 1 spiro atoms. The Morgan fingerprint density at radius 2 is 1.59 bits per heavy atom. The van der Waals surface area contributed by atoms with Crippen LogP contribution in [0.25, 0.3) is 0 Å². The van der Waals surface area contributed by atoms with E-state index in [4.69, 9.17) is 5.73 Å². The quantitative estimate of drug-likeness (QED) is 0.794. The lowest BCUT2D eigenvalue weighted by Gasteiger charge is -2.51. The van der Waals surface area contributed by atoms with E-state index in [2.05, 4.69) is 13.8 Å². The molecule has 0 aromatic carbocycles. The third-order valence-electron chi connectivity index (χ3n) is 6.16. The van der Waals surface area contributed by atoms with Crippen molar-refractivity contribution in [1.29, 1.82) is 0 Å². The van der Waals surface area contributed by atoms with E-state index in [-0.39, 0.29) is 5.41 Å². The Hall–Kier alpha value is -0.0800. The fourth-order valence-corrected chi connectivity index (χ4v) is 4.09. The van der Waals surface area contributed by atoms with Crippen molar-refractivity contribution in [2.75, 3.05) is 6.54 Å². The third-order valence-corrected chi connectivity index (χ3v) is 6.16. The minimum atomic E-state index is -0.510. The average molecular weight is 239 g/mol. The van der Waals surface area contributed by atoms with Crippen molar-refractivity contribution in [3.63, 3.8) is 0 Å². The molecule has 0 aromatic heterocycles. The van der Waals surface area contributed by atoms with Crippen LogP contribution in [0.5, 0.6) is 0 Å². The van der Waals surface area contributed by atoms with Crippen LogP contribution in [-0.4, -0.2) is 17.3 Å². The van der Waals surface area contributed by atoms with Crippen molar-refractivity contribution in [2.45, 2.75) is 77.2 Å². The van der Waals surface area contributed by atoms with Crippen LogP contribution in [0, 0.1) is 10.8 Å². The zero-order valence-electron chi connectivity index (χ0n) is 11.6. The summed E-state index contributed by atoms with van der Waals surface area (Å²) in [5, 5.41) is 11.0. The molecule has 0 heterocycles. The number of nitrogens with two attached hydrogens (primary N) is 1. The highest BCUT2D eigenvalue weighted by Crippen LogP contribution is 2.55. The molecule has 2 saturated carbocycles. The molecule has 2 nitrogen and oxygen atoms in total. The number of rotatable bonds is 3. The summed E-state index contributed by atoms with van der Waals surface area (Å²) in [7, 11) is 0. The van der Waals surface area contributed by atoms with Gasteiger partial charge in [-0.3, -0.25) is 0 Å². The first-order valence-electron chi connectivity index (χ1n) is 7.42. The van der Waals surface area contributed by atoms with Crippen LogP contribution in [0.15, 0.2) is 0 Å². The summed E-state index contributed by atoms with van der Waals surface area (Å²) in [5.74, 6) is 0. The molecule has 100 valence electrons. The molecule has 0 aromatic rings. The van der Waals surface area contributed by atoms with Crippen LogP contribution in [0.2, 0.25) is 0 Å². The minimum Gasteiger partial charge on any atom is -0.389 e. The van der Waals surface area contributed by atoms with Crippen molar-refractivity contribution in [2.24, 2.45) is 16.6 Å². The van der Waals surface area contributed by atoms with Crippen LogP contribution in [0.4, 0.5) is 0 Å². The van der Waals surface area contributed by atoms with Gasteiger partial charge in [-0.15, -0.1) is 0 Å². The summed E-state index contributed by atoms with van der Waals surface area (Å²) in [6.07, 6.45) is 11.0. The van der Waals surface area contributed by atoms with Crippen LogP contribution < -0.4 is 5.73 Å². The van der Waals surface area contributed by atoms with Crippen LogP contribution in [0.3, 0.4) is 0 Å². The van der Waals surface area contributed by atoms with Gasteiger partial charge in [0.2, 0.25) is 0 Å². The van der Waals surface area contributed by atoms with Crippen molar-refractivity contribution >= 4 is 0 Å². The molecule has 0 bridgehead atoms. The van der Waals surface area contributed by atoms with Crippen molar-refractivity contribution in [3.8, 4) is 0 Å². The second-order valence-electron chi connectivity index (χ2n) is 6.86. The molecule has 0 aliphatic heterocycles. The maximum absolute atomic E-state index is 11.0. The monoisotopic (exact) mass is 239 g/mol. The molecule has 0 saturated heterocycles. The highest BCUT2D eigenvalue weighted by molar-refractivity contribution is 5.03. The fraction of sp³-hybridized carbons (Fsp3) is 1.00. The average Bonchev–Trinajstić information content (AvgIpc) is 2.81. The number of hydrogen-bond donors (Lipinski definition) is 2. The molecular formula is C15H29NO. The van der Waals surface area contributed by atoms with Gasteiger partial charge in [0.25, 0.3) is 0 Å². The Labute approximate surface area is 106 Å². The van der Waals surface area contributed by atoms with E-state index in [0.717, 1.165) is 19.3 Å². The topological polar surface area (TPSA) is 46.2 Å². The summed E-state index contributed by atoms with van der Waals surface area (Å²) in [6.45, 7) is 4.93. The Kier molecular flexibility index (Phi) is 3.57. The largest absolute Gasteiger partial charge is 0.389 e. The van der Waals surface area contributed by atoms with E-state index in [0.29, 0.717) is 12.0 Å². The molecule has 2 aliphatic rings. The van der Waals surface area contributed by atoms with Gasteiger partial charge in [0.1, 0.15) is 0 Å². The minimum absolute atomic E-state index is 0.0901. The van der Waals surface area contributed by atoms with Gasteiger partial charge in [-0.1, -0.05) is 26.7 Å². The predicted molar refractivity (Wildman–Crippen MR) is 71.8 cm³/mol. The van der Waals surface area contributed by atoms with E-state index >= 15 is 0 Å². The molecule has 2 aliphatic carbocycles. The highest BCUT2D eigenvalue weighted by atomic mass is 16.3. The van der Waals surface area contributed by atoms with Gasteiger partial charge >= 0.3 is 0 Å². The fourth-order valence-electron chi connectivity index (χ4n) is 4.09. The van der Waals surface area contributed by atoms with Crippen LogP contribution in [0.1, 0.15) is 71.6 Å². The Bertz CT molecular complexity index is 254. The molecule has 17 heavy (non-hydrogen) atoms. The molecule has 2 fully saturated rings. The SMILES string of the molecule is CCC(C)(CN)C1(O)CCC2(CCCC2)CC1. The van der Waals surface area contributed by atoms with Crippen LogP contribution in [-0.2, 0) is 0 Å². The van der Waals surface area contributed by atoms with Gasteiger partial charge in [0.15, 0.2) is 0 Å². The van der Waals surface area contributed by atoms with Gasteiger partial charge in [-0.25, -0.2) is 0 Å². The summed E-state index contributed by atoms with van der Waals surface area (Å²) in [4.78, 5) is 0. The second kappa shape index (κ2) is 4.55. The maximum Gasteiger partial charge on any atom is 0.0713 e. The molecule has 2 heteroatoms. The Morgan fingerprint density at radius 3 is 2.00 bits per heavy atom. The standard InChI is InChI=1S/C15H29NO/c1-3-13(2,12-16)15(17)10-8-14(9-11-15)6-4-5-7-14/h17H,3-12,16H2,1-2H3. The van der Waals surface area contributed by atoms with E-state index in [1.807, 2.05) is 0 Å². The number of aliphatic hydroxyl groups is 1.